The Morgan fingerprint density at radius 2 is 2.21 bits per heavy atom. The molecule has 19 heavy (non-hydrogen) atoms. The number of ether oxygens (including phenoxy) is 1. The van der Waals surface area contributed by atoms with E-state index in [2.05, 4.69) is 10.6 Å². The lowest BCUT2D eigenvalue weighted by Gasteiger charge is -2.12. The zero-order valence-electron chi connectivity index (χ0n) is 11.1. The van der Waals surface area contributed by atoms with Gasteiger partial charge in [0.15, 0.2) is 5.76 Å². The summed E-state index contributed by atoms with van der Waals surface area (Å²) in [5, 5.41) is 5.16. The minimum Gasteiger partial charge on any atom is -0.455 e. The third-order valence-electron chi connectivity index (χ3n) is 2.43. The number of carbonyl (C=O) groups is 2. The van der Waals surface area contributed by atoms with Crippen LogP contribution in [0.3, 0.4) is 0 Å². The highest BCUT2D eigenvalue weighted by Gasteiger charge is 2.18. The zero-order valence-corrected chi connectivity index (χ0v) is 11.1. The fourth-order valence-corrected chi connectivity index (χ4v) is 1.37. The predicted molar refractivity (Wildman–Crippen MR) is 68.4 cm³/mol. The number of nitrogens with one attached hydrogen (secondary N) is 2. The number of rotatable bonds is 7. The van der Waals surface area contributed by atoms with Crippen molar-refractivity contribution < 1.29 is 18.7 Å². The van der Waals surface area contributed by atoms with E-state index >= 15 is 0 Å². The van der Waals surface area contributed by atoms with Crippen molar-refractivity contribution in [2.45, 2.75) is 19.5 Å². The minimum absolute atomic E-state index is 0.136. The van der Waals surface area contributed by atoms with Crippen LogP contribution in [0.25, 0.3) is 0 Å². The van der Waals surface area contributed by atoms with Gasteiger partial charge in [-0.2, -0.15) is 0 Å². The first kappa shape index (κ1) is 15.2. The molecule has 0 aliphatic heterocycles. The summed E-state index contributed by atoms with van der Waals surface area (Å²) in [6, 6.07) is 2.49. The molecule has 106 valence electrons. The molecule has 1 aromatic rings. The van der Waals surface area contributed by atoms with Crippen LogP contribution in [0.4, 0.5) is 0 Å². The van der Waals surface area contributed by atoms with Crippen molar-refractivity contribution in [2.24, 2.45) is 5.73 Å². The lowest BCUT2D eigenvalue weighted by molar-refractivity contribution is -0.122. The molecule has 0 bridgehead atoms. The highest BCUT2D eigenvalue weighted by Crippen LogP contribution is 2.06. The molecule has 1 atom stereocenters. The molecule has 0 spiro atoms. The summed E-state index contributed by atoms with van der Waals surface area (Å²) in [7, 11) is 1.54. The van der Waals surface area contributed by atoms with Gasteiger partial charge >= 0.3 is 0 Å². The van der Waals surface area contributed by atoms with Gasteiger partial charge in [-0.05, 0) is 19.1 Å². The maximum absolute atomic E-state index is 11.8. The van der Waals surface area contributed by atoms with Crippen molar-refractivity contribution in [3.63, 3.8) is 0 Å². The van der Waals surface area contributed by atoms with Crippen molar-refractivity contribution >= 4 is 11.8 Å². The summed E-state index contributed by atoms with van der Waals surface area (Å²) in [5.74, 6) is -0.0792. The van der Waals surface area contributed by atoms with Crippen molar-refractivity contribution in [2.75, 3.05) is 20.3 Å². The number of furan rings is 1. The first-order chi connectivity index (χ1) is 9.08. The number of methoxy groups -OCH3 is 1. The molecule has 0 aliphatic carbocycles. The molecular formula is C12H19N3O4. The maximum Gasteiger partial charge on any atom is 0.287 e. The van der Waals surface area contributed by atoms with E-state index in [9.17, 15) is 9.59 Å². The molecule has 2 amide bonds. The molecule has 0 radical (unpaired) electrons. The van der Waals surface area contributed by atoms with Gasteiger partial charge in [0.25, 0.3) is 5.91 Å². The molecule has 7 heteroatoms. The molecule has 0 fully saturated rings. The van der Waals surface area contributed by atoms with Crippen molar-refractivity contribution in [1.82, 2.24) is 10.6 Å². The second-order valence-corrected chi connectivity index (χ2v) is 3.95. The van der Waals surface area contributed by atoms with Crippen LogP contribution in [-0.2, 0) is 16.1 Å². The quantitative estimate of drug-likeness (QED) is 0.585. The number of carbonyl (C=O) groups excluding carboxylic acids is 2. The van der Waals surface area contributed by atoms with E-state index in [1.807, 2.05) is 0 Å². The van der Waals surface area contributed by atoms with E-state index < -0.39 is 11.9 Å². The summed E-state index contributed by atoms with van der Waals surface area (Å²) in [4.78, 5) is 23.4. The predicted octanol–water partition coefficient (Wildman–Crippen LogP) is -0.381. The number of hydrogen-bond donors (Lipinski definition) is 3. The molecule has 1 rings (SSSR count). The van der Waals surface area contributed by atoms with Crippen LogP contribution in [0.5, 0.6) is 0 Å². The summed E-state index contributed by atoms with van der Waals surface area (Å²) in [5.41, 5.74) is 5.38. The van der Waals surface area contributed by atoms with Crippen LogP contribution >= 0.6 is 0 Å². The third kappa shape index (κ3) is 4.72. The standard InChI is InChI=1S/C12H19N3O4/c1-8(11(16)14-5-6-18-2)15-12(17)10-4-3-9(7-13)19-10/h3-4,8H,5-7,13H2,1-2H3,(H,14,16)(H,15,17). The van der Waals surface area contributed by atoms with Crippen LogP contribution in [0, 0.1) is 0 Å². The SMILES string of the molecule is COCCNC(=O)C(C)NC(=O)c1ccc(CN)o1. The third-order valence-corrected chi connectivity index (χ3v) is 2.43. The van der Waals surface area contributed by atoms with Gasteiger partial charge in [0, 0.05) is 13.7 Å². The Hall–Kier alpha value is -1.86. The molecule has 0 aromatic carbocycles. The lowest BCUT2D eigenvalue weighted by atomic mass is 10.3. The summed E-state index contributed by atoms with van der Waals surface area (Å²) in [6.07, 6.45) is 0. The fraction of sp³-hybridized carbons (Fsp3) is 0.500. The molecule has 0 saturated heterocycles. The van der Waals surface area contributed by atoms with Crippen LogP contribution < -0.4 is 16.4 Å². The van der Waals surface area contributed by atoms with Gasteiger partial charge in [-0.25, -0.2) is 0 Å². The van der Waals surface area contributed by atoms with Crippen molar-refractivity contribution in [3.8, 4) is 0 Å². The van der Waals surface area contributed by atoms with Gasteiger partial charge < -0.3 is 25.5 Å². The highest BCUT2D eigenvalue weighted by atomic mass is 16.5. The largest absolute Gasteiger partial charge is 0.455 e. The van der Waals surface area contributed by atoms with E-state index in [1.54, 1.807) is 20.1 Å². The molecule has 0 saturated carbocycles. The first-order valence-corrected chi connectivity index (χ1v) is 5.94. The molecular weight excluding hydrogens is 250 g/mol. The van der Waals surface area contributed by atoms with Gasteiger partial charge in [0.1, 0.15) is 11.8 Å². The normalized spacial score (nSPS) is 11.9. The van der Waals surface area contributed by atoms with Gasteiger partial charge in [-0.1, -0.05) is 0 Å². The van der Waals surface area contributed by atoms with Crippen LogP contribution in [-0.4, -0.2) is 38.1 Å². The topological polar surface area (TPSA) is 107 Å². The zero-order chi connectivity index (χ0) is 14.3. The Bertz CT molecular complexity index is 430. The molecule has 4 N–H and O–H groups in total. The van der Waals surface area contributed by atoms with E-state index in [1.165, 1.54) is 6.07 Å². The van der Waals surface area contributed by atoms with Crippen LogP contribution in [0.15, 0.2) is 16.5 Å². The summed E-state index contributed by atoms with van der Waals surface area (Å²) >= 11 is 0. The summed E-state index contributed by atoms with van der Waals surface area (Å²) < 4.78 is 9.99. The lowest BCUT2D eigenvalue weighted by Crippen LogP contribution is -2.45. The van der Waals surface area contributed by atoms with Gasteiger partial charge in [-0.15, -0.1) is 0 Å². The monoisotopic (exact) mass is 269 g/mol. The van der Waals surface area contributed by atoms with Gasteiger partial charge in [0.2, 0.25) is 5.91 Å². The molecule has 1 unspecified atom stereocenters. The Kier molecular flexibility index (Phi) is 6.04. The smallest absolute Gasteiger partial charge is 0.287 e. The highest BCUT2D eigenvalue weighted by molar-refractivity contribution is 5.95. The fourth-order valence-electron chi connectivity index (χ4n) is 1.37. The van der Waals surface area contributed by atoms with Gasteiger partial charge in [0.05, 0.1) is 13.2 Å². The first-order valence-electron chi connectivity index (χ1n) is 5.94. The minimum atomic E-state index is -0.657. The Morgan fingerprint density at radius 1 is 1.47 bits per heavy atom. The molecule has 1 aromatic heterocycles. The molecule has 7 nitrogen and oxygen atoms in total. The van der Waals surface area contributed by atoms with E-state index in [4.69, 9.17) is 14.9 Å². The average Bonchev–Trinajstić information content (AvgIpc) is 2.87. The van der Waals surface area contributed by atoms with Gasteiger partial charge in [-0.3, -0.25) is 9.59 Å². The van der Waals surface area contributed by atoms with E-state index in [-0.39, 0.29) is 18.2 Å². The van der Waals surface area contributed by atoms with Crippen LogP contribution in [0.1, 0.15) is 23.2 Å². The van der Waals surface area contributed by atoms with E-state index in [0.717, 1.165) is 0 Å². The molecule has 1 heterocycles. The molecule has 0 aliphatic rings. The number of nitrogens with two attached hydrogens (primary N) is 1. The average molecular weight is 269 g/mol. The summed E-state index contributed by atoms with van der Waals surface area (Å²) in [6.45, 7) is 2.63. The van der Waals surface area contributed by atoms with Crippen molar-refractivity contribution in [1.29, 1.82) is 0 Å². The maximum atomic E-state index is 11.8. The Labute approximate surface area is 111 Å². The van der Waals surface area contributed by atoms with Crippen LogP contribution in [0.2, 0.25) is 0 Å². The second-order valence-electron chi connectivity index (χ2n) is 3.95. The number of amides is 2. The number of hydrogen-bond acceptors (Lipinski definition) is 5. The second kappa shape index (κ2) is 7.55. The Balaban J connectivity index is 2.44. The van der Waals surface area contributed by atoms with E-state index in [0.29, 0.717) is 18.9 Å². The Morgan fingerprint density at radius 3 is 2.79 bits per heavy atom. The van der Waals surface area contributed by atoms with Crippen molar-refractivity contribution in [3.05, 3.63) is 23.7 Å².